The van der Waals surface area contributed by atoms with Crippen molar-refractivity contribution in [1.82, 2.24) is 10.2 Å². The van der Waals surface area contributed by atoms with Crippen molar-refractivity contribution in [2.45, 2.75) is 19.4 Å². The van der Waals surface area contributed by atoms with E-state index in [-0.39, 0.29) is 24.2 Å². The van der Waals surface area contributed by atoms with Crippen LogP contribution in [-0.4, -0.2) is 30.3 Å². The highest BCUT2D eigenvalue weighted by atomic mass is 16.2. The first kappa shape index (κ1) is 14.1. The zero-order chi connectivity index (χ0) is 14.5. The molecule has 5 heteroatoms. The molecule has 20 heavy (non-hydrogen) atoms. The molecule has 1 fully saturated rings. The summed E-state index contributed by atoms with van der Waals surface area (Å²) in [7, 11) is 1.76. The number of hydrogen-bond donors (Lipinski definition) is 1. The molecular formula is C15H17N3O2. The summed E-state index contributed by atoms with van der Waals surface area (Å²) in [4.78, 5) is 25.2. The summed E-state index contributed by atoms with van der Waals surface area (Å²) in [5, 5.41) is 11.6. The SMILES string of the molecule is CN1CC[C@H](C(=O)NCc2ccc(C#N)cc2)CC1=O. The maximum atomic E-state index is 12.0. The van der Waals surface area contributed by atoms with Crippen molar-refractivity contribution >= 4 is 11.8 Å². The second-order valence-electron chi connectivity index (χ2n) is 5.03. The Hall–Kier alpha value is -2.35. The Kier molecular flexibility index (Phi) is 4.36. The highest BCUT2D eigenvalue weighted by molar-refractivity contribution is 5.86. The largest absolute Gasteiger partial charge is 0.352 e. The van der Waals surface area contributed by atoms with Crippen LogP contribution in [0.2, 0.25) is 0 Å². The fourth-order valence-electron chi connectivity index (χ4n) is 2.20. The molecule has 0 unspecified atom stereocenters. The van der Waals surface area contributed by atoms with E-state index < -0.39 is 0 Å². The number of piperidine rings is 1. The summed E-state index contributed by atoms with van der Waals surface area (Å²) in [6.07, 6.45) is 0.997. The molecule has 1 aromatic rings. The van der Waals surface area contributed by atoms with Gasteiger partial charge >= 0.3 is 0 Å². The molecular weight excluding hydrogens is 254 g/mol. The van der Waals surface area contributed by atoms with E-state index in [0.717, 1.165) is 5.56 Å². The smallest absolute Gasteiger partial charge is 0.223 e. The van der Waals surface area contributed by atoms with Crippen molar-refractivity contribution in [3.05, 3.63) is 35.4 Å². The molecule has 0 bridgehead atoms. The van der Waals surface area contributed by atoms with Gasteiger partial charge < -0.3 is 10.2 Å². The molecule has 2 rings (SSSR count). The molecule has 0 radical (unpaired) electrons. The van der Waals surface area contributed by atoms with E-state index in [9.17, 15) is 9.59 Å². The number of carbonyl (C=O) groups is 2. The summed E-state index contributed by atoms with van der Waals surface area (Å²) in [6.45, 7) is 1.05. The minimum absolute atomic E-state index is 0.0229. The fourth-order valence-corrected chi connectivity index (χ4v) is 2.20. The molecule has 1 N–H and O–H groups in total. The molecule has 1 heterocycles. The van der Waals surface area contributed by atoms with E-state index in [4.69, 9.17) is 5.26 Å². The van der Waals surface area contributed by atoms with Gasteiger partial charge in [-0.3, -0.25) is 9.59 Å². The molecule has 1 atom stereocenters. The molecule has 1 aliphatic rings. The van der Waals surface area contributed by atoms with Crippen molar-refractivity contribution < 1.29 is 9.59 Å². The lowest BCUT2D eigenvalue weighted by atomic mass is 9.95. The van der Waals surface area contributed by atoms with Crippen LogP contribution in [0.4, 0.5) is 0 Å². The number of carbonyl (C=O) groups excluding carboxylic acids is 2. The summed E-state index contributed by atoms with van der Waals surface area (Å²) >= 11 is 0. The number of likely N-dealkylation sites (tertiary alicyclic amines) is 1. The zero-order valence-electron chi connectivity index (χ0n) is 11.4. The first-order chi connectivity index (χ1) is 9.60. The molecule has 5 nitrogen and oxygen atoms in total. The number of hydrogen-bond acceptors (Lipinski definition) is 3. The molecule has 1 aliphatic heterocycles. The maximum Gasteiger partial charge on any atom is 0.223 e. The van der Waals surface area contributed by atoms with Crippen molar-refractivity contribution in [3.63, 3.8) is 0 Å². The Morgan fingerprint density at radius 3 is 2.75 bits per heavy atom. The van der Waals surface area contributed by atoms with Crippen LogP contribution in [-0.2, 0) is 16.1 Å². The molecule has 0 spiro atoms. The summed E-state index contributed by atoms with van der Waals surface area (Å²) in [5.41, 5.74) is 1.54. The van der Waals surface area contributed by atoms with Gasteiger partial charge in [0.2, 0.25) is 11.8 Å². The van der Waals surface area contributed by atoms with Crippen LogP contribution in [0, 0.1) is 17.2 Å². The quantitative estimate of drug-likeness (QED) is 0.892. The predicted molar refractivity (Wildman–Crippen MR) is 73.4 cm³/mol. The van der Waals surface area contributed by atoms with E-state index in [1.807, 2.05) is 12.1 Å². The second-order valence-corrected chi connectivity index (χ2v) is 5.03. The minimum Gasteiger partial charge on any atom is -0.352 e. The van der Waals surface area contributed by atoms with Gasteiger partial charge in [0.15, 0.2) is 0 Å². The Balaban J connectivity index is 1.85. The number of nitrogens with zero attached hydrogens (tertiary/aromatic N) is 2. The van der Waals surface area contributed by atoms with Gasteiger partial charge in [0.25, 0.3) is 0 Å². The van der Waals surface area contributed by atoms with Crippen molar-refractivity contribution in [2.24, 2.45) is 5.92 Å². The van der Waals surface area contributed by atoms with Crippen molar-refractivity contribution in [3.8, 4) is 6.07 Å². The number of rotatable bonds is 3. The van der Waals surface area contributed by atoms with Crippen LogP contribution < -0.4 is 5.32 Å². The van der Waals surface area contributed by atoms with E-state index in [0.29, 0.717) is 25.1 Å². The van der Waals surface area contributed by atoms with Crippen LogP contribution in [0.25, 0.3) is 0 Å². The third-order valence-electron chi connectivity index (χ3n) is 3.58. The lowest BCUT2D eigenvalue weighted by Gasteiger charge is -2.27. The van der Waals surface area contributed by atoms with E-state index in [1.54, 1.807) is 24.1 Å². The second kappa shape index (κ2) is 6.20. The van der Waals surface area contributed by atoms with Crippen LogP contribution in [0.1, 0.15) is 24.0 Å². The number of nitriles is 1. The summed E-state index contributed by atoms with van der Waals surface area (Å²) in [5.74, 6) is -0.275. The van der Waals surface area contributed by atoms with Crippen molar-refractivity contribution in [1.29, 1.82) is 5.26 Å². The monoisotopic (exact) mass is 271 g/mol. The topological polar surface area (TPSA) is 73.2 Å². The molecule has 104 valence electrons. The molecule has 0 saturated carbocycles. The normalized spacial score (nSPS) is 18.5. The lowest BCUT2D eigenvalue weighted by Crippen LogP contribution is -2.41. The first-order valence-corrected chi connectivity index (χ1v) is 6.61. The third kappa shape index (κ3) is 3.35. The van der Waals surface area contributed by atoms with Crippen LogP contribution in [0.15, 0.2) is 24.3 Å². The van der Waals surface area contributed by atoms with Gasteiger partial charge in [0, 0.05) is 32.5 Å². The Bertz CT molecular complexity index is 545. The van der Waals surface area contributed by atoms with E-state index in [1.165, 1.54) is 0 Å². The fraction of sp³-hybridized carbons (Fsp3) is 0.400. The Labute approximate surface area is 118 Å². The lowest BCUT2D eigenvalue weighted by molar-refractivity contribution is -0.139. The standard InChI is InChI=1S/C15H17N3O2/c1-18-7-6-13(8-14(18)19)15(20)17-10-12-4-2-11(9-16)3-5-12/h2-5,13H,6-8,10H2,1H3,(H,17,20)/t13-/m0/s1. The van der Waals surface area contributed by atoms with Gasteiger partial charge in [-0.05, 0) is 24.1 Å². The van der Waals surface area contributed by atoms with Gasteiger partial charge in [0.05, 0.1) is 11.6 Å². The predicted octanol–water partition coefficient (Wildman–Crippen LogP) is 1.04. The number of benzene rings is 1. The van der Waals surface area contributed by atoms with Gasteiger partial charge in [-0.25, -0.2) is 0 Å². The number of nitrogens with one attached hydrogen (secondary N) is 1. The van der Waals surface area contributed by atoms with Crippen LogP contribution >= 0.6 is 0 Å². The van der Waals surface area contributed by atoms with Gasteiger partial charge in [-0.1, -0.05) is 12.1 Å². The number of amides is 2. The maximum absolute atomic E-state index is 12.0. The van der Waals surface area contributed by atoms with E-state index >= 15 is 0 Å². The van der Waals surface area contributed by atoms with E-state index in [2.05, 4.69) is 11.4 Å². The molecule has 2 amide bonds. The third-order valence-corrected chi connectivity index (χ3v) is 3.58. The summed E-state index contributed by atoms with van der Waals surface area (Å²) in [6, 6.07) is 9.13. The van der Waals surface area contributed by atoms with Crippen molar-refractivity contribution in [2.75, 3.05) is 13.6 Å². The zero-order valence-corrected chi connectivity index (χ0v) is 11.4. The van der Waals surface area contributed by atoms with Gasteiger partial charge in [0.1, 0.15) is 0 Å². The van der Waals surface area contributed by atoms with Gasteiger partial charge in [-0.15, -0.1) is 0 Å². The molecule has 1 saturated heterocycles. The molecule has 0 aliphatic carbocycles. The highest BCUT2D eigenvalue weighted by Gasteiger charge is 2.28. The Morgan fingerprint density at radius 2 is 2.15 bits per heavy atom. The van der Waals surface area contributed by atoms with Gasteiger partial charge in [-0.2, -0.15) is 5.26 Å². The van der Waals surface area contributed by atoms with Crippen LogP contribution in [0.5, 0.6) is 0 Å². The average molecular weight is 271 g/mol. The summed E-state index contributed by atoms with van der Waals surface area (Å²) < 4.78 is 0. The Morgan fingerprint density at radius 1 is 1.45 bits per heavy atom. The van der Waals surface area contributed by atoms with Crippen LogP contribution in [0.3, 0.4) is 0 Å². The highest BCUT2D eigenvalue weighted by Crippen LogP contribution is 2.17. The first-order valence-electron chi connectivity index (χ1n) is 6.61. The molecule has 0 aromatic heterocycles. The minimum atomic E-state index is -0.225. The molecule has 1 aromatic carbocycles. The average Bonchev–Trinajstić information content (AvgIpc) is 2.48.